The number of rotatable bonds is 7. The minimum atomic E-state index is -0.543. The molecule has 6 nitrogen and oxygen atoms in total. The third-order valence-corrected chi connectivity index (χ3v) is 4.00. The number of carbonyl (C=O) groups excluding carboxylic acids is 3. The first-order chi connectivity index (χ1) is 9.00. The summed E-state index contributed by atoms with van der Waals surface area (Å²) in [6, 6.07) is 0. The maximum absolute atomic E-state index is 12.1. The molecule has 1 rings (SSSR count). The molecule has 0 saturated carbocycles. The lowest BCUT2D eigenvalue weighted by Gasteiger charge is -2.28. The third-order valence-electron chi connectivity index (χ3n) is 4.00. The number of halogens is 1. The molecular weight excluding hydrogens is 282 g/mol. The van der Waals surface area contributed by atoms with E-state index < -0.39 is 5.41 Å². The van der Waals surface area contributed by atoms with Crippen LogP contribution in [0.15, 0.2) is 0 Å². The largest absolute Gasteiger partial charge is 0.354 e. The summed E-state index contributed by atoms with van der Waals surface area (Å²) >= 11 is 0. The van der Waals surface area contributed by atoms with Crippen LogP contribution in [0.3, 0.4) is 0 Å². The number of imide groups is 1. The average molecular weight is 306 g/mol. The van der Waals surface area contributed by atoms with Crippen molar-refractivity contribution in [3.63, 3.8) is 0 Å². The summed E-state index contributed by atoms with van der Waals surface area (Å²) in [4.78, 5) is 36.1. The molecule has 0 aromatic rings. The zero-order valence-corrected chi connectivity index (χ0v) is 12.9. The zero-order chi connectivity index (χ0) is 14.5. The van der Waals surface area contributed by atoms with Gasteiger partial charge in [0.05, 0.1) is 5.41 Å². The summed E-state index contributed by atoms with van der Waals surface area (Å²) in [5, 5.41) is 2.78. The smallest absolute Gasteiger partial charge is 0.229 e. The third kappa shape index (κ3) is 3.93. The second-order valence-corrected chi connectivity index (χ2v) is 4.89. The molecule has 0 aromatic carbocycles. The van der Waals surface area contributed by atoms with Gasteiger partial charge in [-0.1, -0.05) is 13.8 Å². The van der Waals surface area contributed by atoms with E-state index in [1.807, 2.05) is 13.8 Å². The van der Waals surface area contributed by atoms with Crippen molar-refractivity contribution in [2.75, 3.05) is 19.6 Å². The standard InChI is InChI=1S/C13H23N3O3.ClH/c1-3-13(4-2,9-14)12(19)15-7-8-16-10(17)5-6-11(16)18;/h3-9,14H2,1-2H3,(H,15,19);1H. The van der Waals surface area contributed by atoms with Crippen LogP contribution in [-0.4, -0.2) is 42.3 Å². The van der Waals surface area contributed by atoms with Crippen LogP contribution in [0.5, 0.6) is 0 Å². The summed E-state index contributed by atoms with van der Waals surface area (Å²) in [5.41, 5.74) is 5.15. The van der Waals surface area contributed by atoms with E-state index in [2.05, 4.69) is 5.32 Å². The monoisotopic (exact) mass is 305 g/mol. The van der Waals surface area contributed by atoms with Gasteiger partial charge < -0.3 is 11.1 Å². The highest BCUT2D eigenvalue weighted by molar-refractivity contribution is 6.01. The predicted molar refractivity (Wildman–Crippen MR) is 78.3 cm³/mol. The van der Waals surface area contributed by atoms with Gasteiger partial charge in [-0.2, -0.15) is 0 Å². The van der Waals surface area contributed by atoms with Gasteiger partial charge in [0.2, 0.25) is 17.7 Å². The van der Waals surface area contributed by atoms with Crippen LogP contribution in [0.2, 0.25) is 0 Å². The van der Waals surface area contributed by atoms with E-state index in [9.17, 15) is 14.4 Å². The summed E-state index contributed by atoms with van der Waals surface area (Å²) < 4.78 is 0. The molecule has 1 fully saturated rings. The SMILES string of the molecule is CCC(CC)(CN)C(=O)NCCN1C(=O)CCC1=O.Cl. The maximum atomic E-state index is 12.1. The van der Waals surface area contributed by atoms with Crippen LogP contribution in [0.1, 0.15) is 39.5 Å². The van der Waals surface area contributed by atoms with Crippen LogP contribution in [0.4, 0.5) is 0 Å². The highest BCUT2D eigenvalue weighted by Gasteiger charge is 2.33. The Morgan fingerprint density at radius 1 is 1.25 bits per heavy atom. The Bertz CT molecular complexity index is 346. The first kappa shape index (κ1) is 18.9. The first-order valence-electron chi connectivity index (χ1n) is 6.82. The number of amides is 3. The van der Waals surface area contributed by atoms with Gasteiger partial charge in [-0.3, -0.25) is 19.3 Å². The minimum Gasteiger partial charge on any atom is -0.354 e. The molecule has 0 aliphatic carbocycles. The van der Waals surface area contributed by atoms with E-state index in [1.54, 1.807) is 0 Å². The molecule has 0 radical (unpaired) electrons. The van der Waals surface area contributed by atoms with Gasteiger partial charge in [0.1, 0.15) is 0 Å². The second-order valence-electron chi connectivity index (χ2n) is 4.89. The van der Waals surface area contributed by atoms with Crippen LogP contribution in [0.25, 0.3) is 0 Å². The quantitative estimate of drug-likeness (QED) is 0.668. The van der Waals surface area contributed by atoms with Crippen molar-refractivity contribution in [3.8, 4) is 0 Å². The summed E-state index contributed by atoms with van der Waals surface area (Å²) in [5.74, 6) is -0.412. The van der Waals surface area contributed by atoms with Crippen molar-refractivity contribution in [2.45, 2.75) is 39.5 Å². The lowest BCUT2D eigenvalue weighted by Crippen LogP contribution is -2.47. The Morgan fingerprint density at radius 2 is 1.75 bits per heavy atom. The predicted octanol–water partition coefficient (Wildman–Crippen LogP) is 0.439. The van der Waals surface area contributed by atoms with Gasteiger partial charge in [-0.15, -0.1) is 12.4 Å². The van der Waals surface area contributed by atoms with E-state index in [0.717, 1.165) is 0 Å². The molecule has 0 spiro atoms. The molecule has 116 valence electrons. The molecule has 20 heavy (non-hydrogen) atoms. The molecule has 0 unspecified atom stereocenters. The van der Waals surface area contributed by atoms with Crippen LogP contribution >= 0.6 is 12.4 Å². The molecule has 3 amide bonds. The summed E-state index contributed by atoms with van der Waals surface area (Å²) in [6.45, 7) is 4.70. The number of hydrogen-bond donors (Lipinski definition) is 2. The highest BCUT2D eigenvalue weighted by atomic mass is 35.5. The minimum absolute atomic E-state index is 0. The molecular formula is C13H24ClN3O3. The van der Waals surface area contributed by atoms with Crippen LogP contribution < -0.4 is 11.1 Å². The first-order valence-corrected chi connectivity index (χ1v) is 6.82. The average Bonchev–Trinajstić information content (AvgIpc) is 2.73. The molecule has 0 aromatic heterocycles. The molecule has 1 aliphatic rings. The topological polar surface area (TPSA) is 92.5 Å². The van der Waals surface area contributed by atoms with E-state index in [-0.39, 0.29) is 56.1 Å². The number of carbonyl (C=O) groups is 3. The maximum Gasteiger partial charge on any atom is 0.229 e. The molecule has 0 bridgehead atoms. The van der Waals surface area contributed by atoms with Crippen molar-refractivity contribution in [3.05, 3.63) is 0 Å². The lowest BCUT2D eigenvalue weighted by molar-refractivity contribution is -0.139. The van der Waals surface area contributed by atoms with Gasteiger partial charge in [-0.05, 0) is 12.8 Å². The van der Waals surface area contributed by atoms with Crippen molar-refractivity contribution in [1.82, 2.24) is 10.2 Å². The number of nitrogens with two attached hydrogens (primary N) is 1. The van der Waals surface area contributed by atoms with Crippen molar-refractivity contribution >= 4 is 30.1 Å². The number of likely N-dealkylation sites (tertiary alicyclic amines) is 1. The number of nitrogens with one attached hydrogen (secondary N) is 1. The second kappa shape index (κ2) is 8.21. The molecule has 0 atom stereocenters. The zero-order valence-electron chi connectivity index (χ0n) is 12.1. The van der Waals surface area contributed by atoms with Crippen molar-refractivity contribution in [2.24, 2.45) is 11.1 Å². The van der Waals surface area contributed by atoms with Gasteiger partial charge in [0, 0.05) is 32.5 Å². The van der Waals surface area contributed by atoms with Crippen LogP contribution in [-0.2, 0) is 14.4 Å². The van der Waals surface area contributed by atoms with Crippen molar-refractivity contribution < 1.29 is 14.4 Å². The fourth-order valence-electron chi connectivity index (χ4n) is 2.29. The highest BCUT2D eigenvalue weighted by Crippen LogP contribution is 2.24. The van der Waals surface area contributed by atoms with E-state index in [4.69, 9.17) is 5.73 Å². The Kier molecular flexibility index (Phi) is 7.75. The fraction of sp³-hybridized carbons (Fsp3) is 0.769. The van der Waals surface area contributed by atoms with E-state index >= 15 is 0 Å². The molecule has 1 heterocycles. The van der Waals surface area contributed by atoms with E-state index in [1.165, 1.54) is 4.90 Å². The lowest BCUT2D eigenvalue weighted by atomic mass is 9.81. The summed E-state index contributed by atoms with van der Waals surface area (Å²) in [6.07, 6.45) is 1.91. The Balaban J connectivity index is 0.00000361. The Hall–Kier alpha value is -1.14. The molecule has 1 saturated heterocycles. The Morgan fingerprint density at radius 3 is 2.15 bits per heavy atom. The van der Waals surface area contributed by atoms with Crippen LogP contribution in [0, 0.1) is 5.41 Å². The fourth-order valence-corrected chi connectivity index (χ4v) is 2.29. The summed E-state index contributed by atoms with van der Waals surface area (Å²) in [7, 11) is 0. The molecule has 7 heteroatoms. The number of hydrogen-bond acceptors (Lipinski definition) is 4. The normalized spacial score (nSPS) is 15.2. The Labute approximate surface area is 125 Å². The van der Waals surface area contributed by atoms with Gasteiger partial charge in [0.15, 0.2) is 0 Å². The van der Waals surface area contributed by atoms with Gasteiger partial charge in [0.25, 0.3) is 0 Å². The number of nitrogens with zero attached hydrogens (tertiary/aromatic N) is 1. The van der Waals surface area contributed by atoms with Gasteiger partial charge >= 0.3 is 0 Å². The van der Waals surface area contributed by atoms with E-state index in [0.29, 0.717) is 19.4 Å². The molecule has 3 N–H and O–H groups in total. The van der Waals surface area contributed by atoms with Gasteiger partial charge in [-0.25, -0.2) is 0 Å². The van der Waals surface area contributed by atoms with Crippen molar-refractivity contribution in [1.29, 1.82) is 0 Å². The molecule has 1 aliphatic heterocycles.